The molecular formula is C19H14ClF4N3O2S. The number of benzene rings is 1. The van der Waals surface area contributed by atoms with E-state index < -0.39 is 42.5 Å². The second-order valence-electron chi connectivity index (χ2n) is 7.00. The molecule has 1 unspecified atom stereocenters. The summed E-state index contributed by atoms with van der Waals surface area (Å²) in [6.45, 7) is -0.849. The highest BCUT2D eigenvalue weighted by Gasteiger charge is 2.44. The number of thiophene rings is 1. The van der Waals surface area contributed by atoms with E-state index in [0.717, 1.165) is 9.47 Å². The first-order valence-corrected chi connectivity index (χ1v) is 10.2. The maximum absolute atomic E-state index is 13.9. The molecule has 1 fully saturated rings. The molecule has 3 heterocycles. The van der Waals surface area contributed by atoms with Crippen molar-refractivity contribution >= 4 is 39.7 Å². The summed E-state index contributed by atoms with van der Waals surface area (Å²) in [7, 11) is 0. The number of fused-ring (bicyclic) bond motifs is 1. The largest absolute Gasteiger partial charge is 0.393 e. The van der Waals surface area contributed by atoms with Crippen LogP contribution in [-0.4, -0.2) is 39.6 Å². The molecule has 0 N–H and O–H groups in total. The van der Waals surface area contributed by atoms with Crippen molar-refractivity contribution in [3.05, 3.63) is 51.1 Å². The first-order chi connectivity index (χ1) is 14.1. The standard InChI is InChI=1S/C19H14ClF4N3O2S/c20-12-2-1-10(5-13(12)21)17-16-14(8-30-17)25-9-27(18(16)29)7-15(28)26-4-3-11(6-26)19(22,23)24/h1-2,5,8-9,11H,3-4,6-7H2. The minimum absolute atomic E-state index is 0.0127. The lowest BCUT2D eigenvalue weighted by Crippen LogP contribution is -2.36. The molecule has 3 aromatic rings. The van der Waals surface area contributed by atoms with Gasteiger partial charge < -0.3 is 4.90 Å². The van der Waals surface area contributed by atoms with Gasteiger partial charge in [-0.2, -0.15) is 13.2 Å². The summed E-state index contributed by atoms with van der Waals surface area (Å²) in [4.78, 5) is 31.2. The van der Waals surface area contributed by atoms with Gasteiger partial charge in [-0.25, -0.2) is 9.37 Å². The normalized spacial score (nSPS) is 17.1. The molecule has 158 valence electrons. The summed E-state index contributed by atoms with van der Waals surface area (Å²) < 4.78 is 53.5. The van der Waals surface area contributed by atoms with Crippen LogP contribution in [0.2, 0.25) is 5.02 Å². The third kappa shape index (κ3) is 3.81. The summed E-state index contributed by atoms with van der Waals surface area (Å²) in [6.07, 6.45) is -3.32. The molecule has 0 aliphatic carbocycles. The van der Waals surface area contributed by atoms with Gasteiger partial charge in [-0.3, -0.25) is 14.2 Å². The second kappa shape index (κ2) is 7.66. The van der Waals surface area contributed by atoms with Crippen LogP contribution in [0, 0.1) is 11.7 Å². The quantitative estimate of drug-likeness (QED) is 0.548. The number of nitrogens with zero attached hydrogens (tertiary/aromatic N) is 3. The van der Waals surface area contributed by atoms with Crippen molar-refractivity contribution in [2.24, 2.45) is 5.92 Å². The molecule has 5 nitrogen and oxygen atoms in total. The van der Waals surface area contributed by atoms with Gasteiger partial charge in [0.05, 0.1) is 28.2 Å². The van der Waals surface area contributed by atoms with Crippen LogP contribution in [0.1, 0.15) is 6.42 Å². The highest BCUT2D eigenvalue weighted by Crippen LogP contribution is 2.34. The van der Waals surface area contributed by atoms with Crippen molar-refractivity contribution in [2.45, 2.75) is 19.1 Å². The zero-order valence-corrected chi connectivity index (χ0v) is 16.8. The highest BCUT2D eigenvalue weighted by molar-refractivity contribution is 7.15. The molecule has 2 aromatic heterocycles. The summed E-state index contributed by atoms with van der Waals surface area (Å²) in [5.41, 5.74) is 0.302. The smallest absolute Gasteiger partial charge is 0.341 e. The first kappa shape index (κ1) is 20.8. The number of alkyl halides is 3. The lowest BCUT2D eigenvalue weighted by molar-refractivity contribution is -0.171. The number of amides is 1. The van der Waals surface area contributed by atoms with E-state index >= 15 is 0 Å². The zero-order chi connectivity index (χ0) is 21.6. The third-order valence-electron chi connectivity index (χ3n) is 5.07. The van der Waals surface area contributed by atoms with Crippen LogP contribution in [0.25, 0.3) is 21.3 Å². The Hall–Kier alpha value is -2.46. The molecule has 4 rings (SSSR count). The minimum atomic E-state index is -4.36. The molecular weight excluding hydrogens is 446 g/mol. The van der Waals surface area contributed by atoms with Gasteiger partial charge in [0.15, 0.2) is 0 Å². The van der Waals surface area contributed by atoms with Gasteiger partial charge in [-0.15, -0.1) is 11.3 Å². The van der Waals surface area contributed by atoms with Crippen LogP contribution in [-0.2, 0) is 11.3 Å². The molecule has 1 aliphatic heterocycles. The van der Waals surface area contributed by atoms with E-state index in [1.165, 1.54) is 29.8 Å². The number of hydrogen-bond donors (Lipinski definition) is 0. The SMILES string of the molecule is O=C(Cn1cnc2csc(-c3ccc(Cl)c(F)c3)c2c1=O)N1CCC(C(F)(F)F)C1. The Bertz CT molecular complexity index is 1190. The fourth-order valence-electron chi connectivity index (χ4n) is 3.44. The van der Waals surface area contributed by atoms with E-state index in [9.17, 15) is 27.2 Å². The number of rotatable bonds is 3. The van der Waals surface area contributed by atoms with E-state index in [1.807, 2.05) is 0 Å². The van der Waals surface area contributed by atoms with Crippen LogP contribution in [0.4, 0.5) is 17.6 Å². The van der Waals surface area contributed by atoms with E-state index in [4.69, 9.17) is 11.6 Å². The molecule has 1 atom stereocenters. The number of halogens is 5. The Kier molecular flexibility index (Phi) is 5.31. The number of likely N-dealkylation sites (tertiary alicyclic amines) is 1. The first-order valence-electron chi connectivity index (χ1n) is 8.91. The molecule has 1 aromatic carbocycles. The van der Waals surface area contributed by atoms with Crippen LogP contribution in [0.3, 0.4) is 0 Å². The maximum atomic E-state index is 13.9. The Labute approximate surface area is 176 Å². The average Bonchev–Trinajstić information content (AvgIpc) is 3.33. The Balaban J connectivity index is 1.63. The van der Waals surface area contributed by atoms with Crippen LogP contribution >= 0.6 is 22.9 Å². The lowest BCUT2D eigenvalue weighted by atomic mass is 10.1. The molecule has 1 aliphatic rings. The predicted octanol–water partition coefficient (Wildman–Crippen LogP) is 4.33. The average molecular weight is 460 g/mol. The molecule has 0 saturated carbocycles. The second-order valence-corrected chi connectivity index (χ2v) is 8.29. The van der Waals surface area contributed by atoms with Gasteiger partial charge in [0, 0.05) is 23.3 Å². The number of carbonyl (C=O) groups is 1. The summed E-state index contributed by atoms with van der Waals surface area (Å²) in [6, 6.07) is 4.15. The van der Waals surface area contributed by atoms with Gasteiger partial charge in [0.2, 0.25) is 5.91 Å². The number of hydrogen-bond acceptors (Lipinski definition) is 4. The molecule has 0 radical (unpaired) electrons. The van der Waals surface area contributed by atoms with Crippen molar-refractivity contribution in [1.29, 1.82) is 0 Å². The molecule has 11 heteroatoms. The van der Waals surface area contributed by atoms with E-state index in [0.29, 0.717) is 16.0 Å². The monoisotopic (exact) mass is 459 g/mol. The fraction of sp³-hybridized carbons (Fsp3) is 0.316. The summed E-state index contributed by atoms with van der Waals surface area (Å²) >= 11 is 6.91. The topological polar surface area (TPSA) is 55.2 Å². The van der Waals surface area contributed by atoms with Gasteiger partial charge in [-0.05, 0) is 24.1 Å². The highest BCUT2D eigenvalue weighted by atomic mass is 35.5. The van der Waals surface area contributed by atoms with E-state index in [2.05, 4.69) is 4.98 Å². The van der Waals surface area contributed by atoms with Gasteiger partial charge in [0.25, 0.3) is 5.56 Å². The predicted molar refractivity (Wildman–Crippen MR) is 105 cm³/mol. The van der Waals surface area contributed by atoms with Gasteiger partial charge in [0.1, 0.15) is 12.4 Å². The van der Waals surface area contributed by atoms with Crippen molar-refractivity contribution < 1.29 is 22.4 Å². The molecule has 0 spiro atoms. The zero-order valence-electron chi connectivity index (χ0n) is 15.2. The molecule has 0 bridgehead atoms. The Morgan fingerprint density at radius 1 is 1.33 bits per heavy atom. The fourth-order valence-corrected chi connectivity index (χ4v) is 4.54. The van der Waals surface area contributed by atoms with Crippen molar-refractivity contribution in [3.8, 4) is 10.4 Å². The molecule has 1 amide bonds. The van der Waals surface area contributed by atoms with E-state index in [1.54, 1.807) is 11.4 Å². The Morgan fingerprint density at radius 3 is 2.77 bits per heavy atom. The molecule has 1 saturated heterocycles. The Morgan fingerprint density at radius 2 is 2.10 bits per heavy atom. The maximum Gasteiger partial charge on any atom is 0.393 e. The van der Waals surface area contributed by atoms with Gasteiger partial charge in [-0.1, -0.05) is 17.7 Å². The van der Waals surface area contributed by atoms with Crippen LogP contribution in [0.5, 0.6) is 0 Å². The lowest BCUT2D eigenvalue weighted by Gasteiger charge is -2.18. The van der Waals surface area contributed by atoms with Crippen molar-refractivity contribution in [1.82, 2.24) is 14.5 Å². The number of aromatic nitrogens is 2. The summed E-state index contributed by atoms with van der Waals surface area (Å²) in [5.74, 6) is -2.77. The van der Waals surface area contributed by atoms with Gasteiger partial charge >= 0.3 is 6.18 Å². The minimum Gasteiger partial charge on any atom is -0.341 e. The van der Waals surface area contributed by atoms with Crippen LogP contribution in [0.15, 0.2) is 34.7 Å². The van der Waals surface area contributed by atoms with Crippen molar-refractivity contribution in [3.63, 3.8) is 0 Å². The molecule has 30 heavy (non-hydrogen) atoms. The summed E-state index contributed by atoms with van der Waals surface area (Å²) in [5, 5.41) is 1.80. The van der Waals surface area contributed by atoms with Crippen molar-refractivity contribution in [2.75, 3.05) is 13.1 Å². The third-order valence-corrected chi connectivity index (χ3v) is 6.40. The number of carbonyl (C=O) groups excluding carboxylic acids is 1. The van der Waals surface area contributed by atoms with Crippen LogP contribution < -0.4 is 5.56 Å². The van der Waals surface area contributed by atoms with E-state index in [-0.39, 0.29) is 23.4 Å².